The fourth-order valence-electron chi connectivity index (χ4n) is 3.05. The molecule has 0 fully saturated rings. The Morgan fingerprint density at radius 1 is 0.962 bits per heavy atom. The monoisotopic (exact) mass is 427 g/mol. The van der Waals surface area contributed by atoms with E-state index in [1.807, 2.05) is 59.3 Å². The number of nitrogens with zero attached hydrogens (tertiary/aromatic N) is 3. The summed E-state index contributed by atoms with van der Waals surface area (Å²) in [6.07, 6.45) is 3.47. The summed E-state index contributed by atoms with van der Waals surface area (Å²) in [6, 6.07) is 17.2. The van der Waals surface area contributed by atoms with E-state index in [4.69, 9.17) is 11.6 Å². The first-order valence-corrected chi connectivity index (χ1v) is 9.32. The molecule has 4 rings (SSSR count). The lowest BCUT2D eigenvalue weighted by molar-refractivity contribution is 0.516. The van der Waals surface area contributed by atoms with Gasteiger partial charge in [0.05, 0.1) is 24.0 Å². The Kier molecular flexibility index (Phi) is 4.66. The molecule has 0 amide bonds. The van der Waals surface area contributed by atoms with Gasteiger partial charge in [0, 0.05) is 21.9 Å². The van der Waals surface area contributed by atoms with Crippen molar-refractivity contribution in [3.05, 3.63) is 98.0 Å². The maximum Gasteiger partial charge on any atom is 0.274 e. The molecule has 0 spiro atoms. The van der Waals surface area contributed by atoms with Gasteiger partial charge in [-0.1, -0.05) is 45.7 Å². The predicted octanol–water partition coefficient (Wildman–Crippen LogP) is 4.71. The normalized spacial score (nSPS) is 11.2. The van der Waals surface area contributed by atoms with Gasteiger partial charge in [0.15, 0.2) is 0 Å². The van der Waals surface area contributed by atoms with Crippen molar-refractivity contribution in [2.24, 2.45) is 0 Å². The Morgan fingerprint density at radius 3 is 2.50 bits per heavy atom. The van der Waals surface area contributed by atoms with Crippen LogP contribution in [0.25, 0.3) is 10.9 Å². The highest BCUT2D eigenvalue weighted by Crippen LogP contribution is 2.22. The number of pyridine rings is 1. The van der Waals surface area contributed by atoms with Crippen LogP contribution in [0.1, 0.15) is 11.1 Å². The fourth-order valence-corrected chi connectivity index (χ4v) is 3.60. The number of hydrogen-bond donors (Lipinski definition) is 0. The first-order valence-electron chi connectivity index (χ1n) is 8.14. The average molecular weight is 429 g/mol. The molecule has 2 heterocycles. The molecule has 0 aliphatic rings. The van der Waals surface area contributed by atoms with Gasteiger partial charge in [-0.3, -0.25) is 14.5 Å². The fraction of sp³-hybridized carbons (Fsp3) is 0.100. The second kappa shape index (κ2) is 7.09. The molecule has 0 N–H and O–H groups in total. The molecule has 2 aromatic heterocycles. The lowest BCUT2D eigenvalue weighted by Crippen LogP contribution is -2.24. The van der Waals surface area contributed by atoms with Crippen molar-refractivity contribution in [1.82, 2.24) is 14.3 Å². The van der Waals surface area contributed by atoms with E-state index < -0.39 is 0 Å². The molecule has 130 valence electrons. The number of rotatable bonds is 4. The molecule has 0 unspecified atom stereocenters. The third kappa shape index (κ3) is 3.20. The molecule has 0 radical (unpaired) electrons. The molecular formula is C20H15BrClN3O. The van der Waals surface area contributed by atoms with Gasteiger partial charge < -0.3 is 0 Å². The van der Waals surface area contributed by atoms with Gasteiger partial charge in [-0.15, -0.1) is 0 Å². The standard InChI is InChI=1S/C20H15BrClN3O/c21-16-5-6-17-19(11-16)24(13-15-3-1-2-4-18(15)22)25(20(17)26)12-14-7-9-23-10-8-14/h1-11H,12-13H2. The van der Waals surface area contributed by atoms with Crippen molar-refractivity contribution in [3.8, 4) is 0 Å². The molecule has 6 heteroatoms. The molecule has 0 aliphatic heterocycles. The van der Waals surface area contributed by atoms with Gasteiger partial charge in [-0.25, -0.2) is 4.68 Å². The third-order valence-electron chi connectivity index (χ3n) is 4.35. The predicted molar refractivity (Wildman–Crippen MR) is 108 cm³/mol. The molecule has 0 bridgehead atoms. The van der Waals surface area contributed by atoms with E-state index in [0.29, 0.717) is 23.5 Å². The van der Waals surface area contributed by atoms with Crippen molar-refractivity contribution in [2.45, 2.75) is 13.1 Å². The van der Waals surface area contributed by atoms with Crippen molar-refractivity contribution >= 4 is 38.4 Å². The van der Waals surface area contributed by atoms with Gasteiger partial charge in [-0.05, 0) is 47.5 Å². The summed E-state index contributed by atoms with van der Waals surface area (Å²) in [6.45, 7) is 0.984. The van der Waals surface area contributed by atoms with E-state index in [-0.39, 0.29) is 5.56 Å². The van der Waals surface area contributed by atoms with Gasteiger partial charge >= 0.3 is 0 Å². The van der Waals surface area contributed by atoms with E-state index in [1.165, 1.54) is 0 Å². The highest BCUT2D eigenvalue weighted by atomic mass is 79.9. The van der Waals surface area contributed by atoms with Crippen LogP contribution in [0.4, 0.5) is 0 Å². The number of benzene rings is 2. The Hall–Kier alpha value is -2.37. The summed E-state index contributed by atoms with van der Waals surface area (Å²) in [7, 11) is 0. The number of hydrogen-bond acceptors (Lipinski definition) is 2. The van der Waals surface area contributed by atoms with E-state index in [9.17, 15) is 4.79 Å². The van der Waals surface area contributed by atoms with E-state index in [1.54, 1.807) is 17.1 Å². The van der Waals surface area contributed by atoms with Crippen LogP contribution in [-0.2, 0) is 13.1 Å². The van der Waals surface area contributed by atoms with Crippen LogP contribution in [0, 0.1) is 0 Å². The molecule has 0 atom stereocenters. The number of aromatic nitrogens is 3. The first kappa shape index (κ1) is 17.1. The summed E-state index contributed by atoms with van der Waals surface area (Å²) in [4.78, 5) is 17.1. The van der Waals surface area contributed by atoms with Crippen molar-refractivity contribution in [3.63, 3.8) is 0 Å². The minimum absolute atomic E-state index is 0.0173. The molecule has 26 heavy (non-hydrogen) atoms. The minimum Gasteiger partial charge on any atom is -0.277 e. The molecule has 0 saturated heterocycles. The summed E-state index contributed by atoms with van der Waals surface area (Å²) < 4.78 is 4.68. The van der Waals surface area contributed by atoms with Crippen LogP contribution in [-0.4, -0.2) is 14.3 Å². The van der Waals surface area contributed by atoms with Crippen LogP contribution in [0.3, 0.4) is 0 Å². The minimum atomic E-state index is -0.0173. The highest BCUT2D eigenvalue weighted by molar-refractivity contribution is 9.10. The summed E-state index contributed by atoms with van der Waals surface area (Å²) in [5.41, 5.74) is 2.84. The average Bonchev–Trinajstić information content (AvgIpc) is 2.89. The molecule has 0 aliphatic carbocycles. The Morgan fingerprint density at radius 2 is 1.73 bits per heavy atom. The molecule has 4 nitrogen and oxygen atoms in total. The summed E-state index contributed by atoms with van der Waals surface area (Å²) in [5, 5.41) is 1.38. The van der Waals surface area contributed by atoms with Crippen LogP contribution >= 0.6 is 27.5 Å². The smallest absolute Gasteiger partial charge is 0.274 e. The van der Waals surface area contributed by atoms with Crippen LogP contribution in [0.5, 0.6) is 0 Å². The highest BCUT2D eigenvalue weighted by Gasteiger charge is 2.15. The largest absolute Gasteiger partial charge is 0.277 e. The number of halogens is 2. The lowest BCUT2D eigenvalue weighted by atomic mass is 10.2. The summed E-state index contributed by atoms with van der Waals surface area (Å²) >= 11 is 9.87. The molecule has 2 aromatic carbocycles. The zero-order valence-corrected chi connectivity index (χ0v) is 16.1. The van der Waals surface area contributed by atoms with E-state index in [0.717, 1.165) is 21.1 Å². The van der Waals surface area contributed by atoms with Gasteiger partial charge in [0.25, 0.3) is 5.56 Å². The van der Waals surface area contributed by atoms with Crippen LogP contribution in [0.15, 0.2) is 76.3 Å². The Bertz CT molecular complexity index is 1130. The van der Waals surface area contributed by atoms with Crippen molar-refractivity contribution in [1.29, 1.82) is 0 Å². The number of fused-ring (bicyclic) bond motifs is 1. The van der Waals surface area contributed by atoms with Gasteiger partial charge in [0.2, 0.25) is 0 Å². The van der Waals surface area contributed by atoms with Crippen molar-refractivity contribution in [2.75, 3.05) is 0 Å². The lowest BCUT2D eigenvalue weighted by Gasteiger charge is -2.14. The van der Waals surface area contributed by atoms with E-state index in [2.05, 4.69) is 20.9 Å². The third-order valence-corrected chi connectivity index (χ3v) is 5.22. The zero-order chi connectivity index (χ0) is 18.1. The Labute approximate surface area is 163 Å². The quantitative estimate of drug-likeness (QED) is 0.472. The molecular weight excluding hydrogens is 414 g/mol. The maximum absolute atomic E-state index is 13.0. The maximum atomic E-state index is 13.0. The SMILES string of the molecule is O=c1c2ccc(Br)cc2n(Cc2ccccc2Cl)n1Cc1ccncc1. The van der Waals surface area contributed by atoms with Crippen LogP contribution < -0.4 is 5.56 Å². The topological polar surface area (TPSA) is 39.8 Å². The Balaban J connectivity index is 1.90. The second-order valence-electron chi connectivity index (χ2n) is 6.03. The van der Waals surface area contributed by atoms with E-state index >= 15 is 0 Å². The zero-order valence-electron chi connectivity index (χ0n) is 13.8. The van der Waals surface area contributed by atoms with Gasteiger partial charge in [0.1, 0.15) is 0 Å². The van der Waals surface area contributed by atoms with Gasteiger partial charge in [-0.2, -0.15) is 0 Å². The first-order chi connectivity index (χ1) is 12.6. The summed E-state index contributed by atoms with van der Waals surface area (Å²) in [5.74, 6) is 0. The second-order valence-corrected chi connectivity index (χ2v) is 7.35. The van der Waals surface area contributed by atoms with Crippen molar-refractivity contribution < 1.29 is 0 Å². The molecule has 0 saturated carbocycles. The molecule has 4 aromatic rings. The van der Waals surface area contributed by atoms with Crippen LogP contribution in [0.2, 0.25) is 5.02 Å².